The molecule has 6 heteroatoms. The van der Waals surface area contributed by atoms with Crippen LogP contribution in [-0.4, -0.2) is 9.97 Å². The third-order valence-electron chi connectivity index (χ3n) is 2.59. The lowest BCUT2D eigenvalue weighted by Crippen LogP contribution is -2.04. The van der Waals surface area contributed by atoms with Crippen LogP contribution in [0, 0.1) is 31.3 Å². The van der Waals surface area contributed by atoms with Crippen LogP contribution in [0.15, 0.2) is 12.1 Å². The van der Waals surface area contributed by atoms with Gasteiger partial charge in [-0.2, -0.15) is 0 Å². The largest absolute Gasteiger partial charge is 0.383 e. The molecule has 0 aliphatic rings. The SMILES string of the molecule is Cc1nc(N)c(C)c(-c2ccc(F)c(F)c2F)n1. The Bertz CT molecular complexity index is 626. The van der Waals surface area contributed by atoms with E-state index >= 15 is 0 Å². The topological polar surface area (TPSA) is 51.8 Å². The molecule has 2 aromatic rings. The second-order valence-corrected chi connectivity index (χ2v) is 3.85. The number of nitrogen functional groups attached to an aromatic ring is 1. The van der Waals surface area contributed by atoms with E-state index in [0.717, 1.165) is 12.1 Å². The van der Waals surface area contributed by atoms with Crippen LogP contribution >= 0.6 is 0 Å². The summed E-state index contributed by atoms with van der Waals surface area (Å²) in [6.45, 7) is 3.17. The van der Waals surface area contributed by atoms with Gasteiger partial charge in [-0.25, -0.2) is 23.1 Å². The fourth-order valence-corrected chi connectivity index (χ4v) is 1.62. The van der Waals surface area contributed by atoms with Crippen LogP contribution in [0.2, 0.25) is 0 Å². The summed E-state index contributed by atoms with van der Waals surface area (Å²) < 4.78 is 39.7. The summed E-state index contributed by atoms with van der Waals surface area (Å²) in [5.74, 6) is -3.54. The van der Waals surface area contributed by atoms with Gasteiger partial charge >= 0.3 is 0 Å². The van der Waals surface area contributed by atoms with Crippen molar-refractivity contribution >= 4 is 5.82 Å². The van der Waals surface area contributed by atoms with Crippen LogP contribution in [0.3, 0.4) is 0 Å². The molecular weight excluding hydrogens is 243 g/mol. The molecule has 0 atom stereocenters. The zero-order valence-corrected chi connectivity index (χ0v) is 9.76. The van der Waals surface area contributed by atoms with Crippen LogP contribution in [0.4, 0.5) is 19.0 Å². The number of aryl methyl sites for hydroxylation is 1. The summed E-state index contributed by atoms with van der Waals surface area (Å²) in [6, 6.07) is 1.97. The highest BCUT2D eigenvalue weighted by Gasteiger charge is 2.18. The molecule has 0 fully saturated rings. The number of hydrogen-bond acceptors (Lipinski definition) is 3. The Balaban J connectivity index is 2.74. The Labute approximate surface area is 101 Å². The van der Waals surface area contributed by atoms with E-state index in [1.807, 2.05) is 0 Å². The van der Waals surface area contributed by atoms with E-state index in [0.29, 0.717) is 11.4 Å². The monoisotopic (exact) mass is 253 g/mol. The maximum atomic E-state index is 13.7. The lowest BCUT2D eigenvalue weighted by Gasteiger charge is -2.09. The first-order valence-electron chi connectivity index (χ1n) is 5.16. The van der Waals surface area contributed by atoms with Gasteiger partial charge in [0.15, 0.2) is 17.5 Å². The predicted molar refractivity (Wildman–Crippen MR) is 61.2 cm³/mol. The highest BCUT2D eigenvalue weighted by atomic mass is 19.2. The molecule has 1 aromatic heterocycles. The van der Waals surface area contributed by atoms with Gasteiger partial charge in [0.2, 0.25) is 0 Å². The average Bonchev–Trinajstić information content (AvgIpc) is 2.31. The number of hydrogen-bond donors (Lipinski definition) is 1. The molecule has 2 N–H and O–H groups in total. The highest BCUT2D eigenvalue weighted by molar-refractivity contribution is 5.67. The number of benzene rings is 1. The minimum absolute atomic E-state index is 0.136. The smallest absolute Gasteiger partial charge is 0.195 e. The molecule has 0 radical (unpaired) electrons. The van der Waals surface area contributed by atoms with Crippen LogP contribution in [0.25, 0.3) is 11.3 Å². The van der Waals surface area contributed by atoms with Gasteiger partial charge in [-0.3, -0.25) is 0 Å². The highest BCUT2D eigenvalue weighted by Crippen LogP contribution is 2.28. The number of nitrogens with two attached hydrogens (primary N) is 1. The first kappa shape index (κ1) is 12.3. The summed E-state index contributed by atoms with van der Waals surface area (Å²) in [6.07, 6.45) is 0. The fraction of sp³-hybridized carbons (Fsp3) is 0.167. The molecule has 1 heterocycles. The predicted octanol–water partition coefficient (Wildman–Crippen LogP) is 2.76. The van der Waals surface area contributed by atoms with E-state index in [1.165, 1.54) is 0 Å². The van der Waals surface area contributed by atoms with Crippen molar-refractivity contribution in [3.63, 3.8) is 0 Å². The molecule has 18 heavy (non-hydrogen) atoms. The third kappa shape index (κ3) is 1.90. The molecule has 1 aromatic carbocycles. The summed E-state index contributed by atoms with van der Waals surface area (Å²) in [5.41, 5.74) is 6.08. The molecule has 0 aliphatic heterocycles. The third-order valence-corrected chi connectivity index (χ3v) is 2.59. The molecule has 0 aliphatic carbocycles. The minimum atomic E-state index is -1.53. The van der Waals surface area contributed by atoms with Crippen molar-refractivity contribution in [2.24, 2.45) is 0 Å². The second-order valence-electron chi connectivity index (χ2n) is 3.85. The van der Waals surface area contributed by atoms with Gasteiger partial charge in [-0.05, 0) is 26.0 Å². The standard InChI is InChI=1S/C12H10F3N3/c1-5-11(17-6(2)18-12(5)16)7-3-4-8(13)10(15)9(7)14/h3-4H,1-2H3,(H2,16,17,18). The number of halogens is 3. The van der Waals surface area contributed by atoms with Crippen molar-refractivity contribution in [3.8, 4) is 11.3 Å². The molecule has 94 valence electrons. The molecule has 0 spiro atoms. The van der Waals surface area contributed by atoms with E-state index in [-0.39, 0.29) is 17.1 Å². The quantitative estimate of drug-likeness (QED) is 0.795. The van der Waals surface area contributed by atoms with E-state index in [4.69, 9.17) is 5.73 Å². The van der Waals surface area contributed by atoms with Crippen molar-refractivity contribution in [2.75, 3.05) is 5.73 Å². The summed E-state index contributed by atoms with van der Waals surface area (Å²) in [4.78, 5) is 7.92. The van der Waals surface area contributed by atoms with Gasteiger partial charge in [0.25, 0.3) is 0 Å². The Morgan fingerprint density at radius 2 is 1.67 bits per heavy atom. The number of anilines is 1. The lowest BCUT2D eigenvalue weighted by atomic mass is 10.1. The van der Waals surface area contributed by atoms with Gasteiger partial charge in [0.05, 0.1) is 5.69 Å². The maximum Gasteiger partial charge on any atom is 0.195 e. The molecule has 0 saturated heterocycles. The van der Waals surface area contributed by atoms with Crippen molar-refractivity contribution in [1.29, 1.82) is 0 Å². The number of rotatable bonds is 1. The minimum Gasteiger partial charge on any atom is -0.383 e. The lowest BCUT2D eigenvalue weighted by molar-refractivity contribution is 0.448. The first-order valence-corrected chi connectivity index (χ1v) is 5.16. The van der Waals surface area contributed by atoms with Gasteiger partial charge in [0.1, 0.15) is 11.6 Å². The Morgan fingerprint density at radius 3 is 2.33 bits per heavy atom. The van der Waals surface area contributed by atoms with Crippen molar-refractivity contribution in [3.05, 3.63) is 41.0 Å². The van der Waals surface area contributed by atoms with Crippen LogP contribution in [0.1, 0.15) is 11.4 Å². The number of aromatic nitrogens is 2. The van der Waals surface area contributed by atoms with Gasteiger partial charge in [-0.15, -0.1) is 0 Å². The van der Waals surface area contributed by atoms with Gasteiger partial charge < -0.3 is 5.73 Å². The van der Waals surface area contributed by atoms with E-state index < -0.39 is 17.5 Å². The van der Waals surface area contributed by atoms with Crippen molar-refractivity contribution in [2.45, 2.75) is 13.8 Å². The van der Waals surface area contributed by atoms with Crippen LogP contribution < -0.4 is 5.73 Å². The average molecular weight is 253 g/mol. The Hall–Kier alpha value is -2.11. The van der Waals surface area contributed by atoms with Crippen molar-refractivity contribution < 1.29 is 13.2 Å². The van der Waals surface area contributed by atoms with Crippen LogP contribution in [0.5, 0.6) is 0 Å². The summed E-state index contributed by atoms with van der Waals surface area (Å²) in [7, 11) is 0. The Kier molecular flexibility index (Phi) is 2.94. The second kappa shape index (κ2) is 4.29. The first-order chi connectivity index (χ1) is 8.41. The molecule has 3 nitrogen and oxygen atoms in total. The molecule has 0 bridgehead atoms. The summed E-state index contributed by atoms with van der Waals surface area (Å²) >= 11 is 0. The van der Waals surface area contributed by atoms with E-state index in [2.05, 4.69) is 9.97 Å². The van der Waals surface area contributed by atoms with Crippen LogP contribution in [-0.2, 0) is 0 Å². The normalized spacial score (nSPS) is 10.7. The fourth-order valence-electron chi connectivity index (χ4n) is 1.62. The van der Waals surface area contributed by atoms with Gasteiger partial charge in [0, 0.05) is 11.1 Å². The van der Waals surface area contributed by atoms with E-state index in [1.54, 1.807) is 13.8 Å². The van der Waals surface area contributed by atoms with Crippen molar-refractivity contribution in [1.82, 2.24) is 9.97 Å². The Morgan fingerprint density at radius 1 is 1.00 bits per heavy atom. The molecule has 2 rings (SSSR count). The summed E-state index contributed by atoms with van der Waals surface area (Å²) in [5, 5.41) is 0. The number of nitrogens with zero attached hydrogens (tertiary/aromatic N) is 2. The molecule has 0 amide bonds. The maximum absolute atomic E-state index is 13.7. The zero-order valence-electron chi connectivity index (χ0n) is 9.76. The molecule has 0 saturated carbocycles. The zero-order chi connectivity index (χ0) is 13.4. The molecule has 0 unspecified atom stereocenters. The van der Waals surface area contributed by atoms with E-state index in [9.17, 15) is 13.2 Å². The molecular formula is C12H10F3N3. The van der Waals surface area contributed by atoms with Gasteiger partial charge in [-0.1, -0.05) is 0 Å².